The number of anilines is 1. The van der Waals surface area contributed by atoms with Gasteiger partial charge in [-0.15, -0.1) is 0 Å². The Morgan fingerprint density at radius 2 is 1.65 bits per heavy atom. The number of hydrogen-bond donors (Lipinski definition) is 1. The Balaban J connectivity index is 0.000000412. The molecule has 1 heterocycles. The number of carbonyl (C=O) groups is 2. The lowest BCUT2D eigenvalue weighted by molar-refractivity contribution is -0.117. The van der Waals surface area contributed by atoms with Crippen molar-refractivity contribution in [2.75, 3.05) is 38.2 Å². The van der Waals surface area contributed by atoms with Gasteiger partial charge in [-0.1, -0.05) is 48.4 Å². The molecule has 0 atom stereocenters. The SMILES string of the molecule is CCOC(=O)c1cccc(OCC)c1NC(=O)CN1CCCCC1.Cc1ccccc1. The van der Waals surface area contributed by atoms with Crippen LogP contribution >= 0.6 is 0 Å². The van der Waals surface area contributed by atoms with E-state index in [1.165, 1.54) is 12.0 Å². The molecule has 0 bridgehead atoms. The minimum Gasteiger partial charge on any atom is -0.492 e. The average molecular weight is 427 g/mol. The zero-order valence-corrected chi connectivity index (χ0v) is 18.9. The van der Waals surface area contributed by atoms with Gasteiger partial charge in [-0.05, 0) is 58.8 Å². The smallest absolute Gasteiger partial charge is 0.340 e. The van der Waals surface area contributed by atoms with Crippen molar-refractivity contribution >= 4 is 17.6 Å². The molecule has 2 aromatic rings. The number of aryl methyl sites for hydroxylation is 1. The largest absolute Gasteiger partial charge is 0.492 e. The van der Waals surface area contributed by atoms with Gasteiger partial charge in [-0.2, -0.15) is 0 Å². The number of amides is 1. The maximum Gasteiger partial charge on any atom is 0.340 e. The highest BCUT2D eigenvalue weighted by Gasteiger charge is 2.20. The fraction of sp³-hybridized carbons (Fsp3) is 0.440. The molecule has 1 amide bonds. The number of nitrogens with one attached hydrogen (secondary N) is 1. The fourth-order valence-electron chi connectivity index (χ4n) is 3.35. The quantitative estimate of drug-likeness (QED) is 0.651. The number of rotatable bonds is 7. The summed E-state index contributed by atoms with van der Waals surface area (Å²) in [6.45, 7) is 8.61. The molecule has 0 saturated carbocycles. The first-order chi connectivity index (χ1) is 15.0. The highest BCUT2D eigenvalue weighted by Crippen LogP contribution is 2.29. The second-order valence-corrected chi connectivity index (χ2v) is 7.37. The fourth-order valence-corrected chi connectivity index (χ4v) is 3.35. The van der Waals surface area contributed by atoms with Crippen LogP contribution in [0.4, 0.5) is 5.69 Å². The second kappa shape index (κ2) is 13.4. The third-order valence-electron chi connectivity index (χ3n) is 4.84. The number of esters is 1. The zero-order chi connectivity index (χ0) is 22.5. The van der Waals surface area contributed by atoms with Crippen molar-refractivity contribution in [1.29, 1.82) is 0 Å². The molecule has 0 spiro atoms. The van der Waals surface area contributed by atoms with Crippen LogP contribution in [0.2, 0.25) is 0 Å². The summed E-state index contributed by atoms with van der Waals surface area (Å²) in [6, 6.07) is 15.4. The standard InChI is InChI=1S/C18H26N2O4.C7H8/c1-3-23-15-10-8-9-14(18(22)24-4-2)17(15)19-16(21)13-20-11-6-5-7-12-20;1-7-5-3-2-4-6-7/h8-10H,3-7,11-13H2,1-2H3,(H,19,21);2-6H,1H3. The molecular weight excluding hydrogens is 392 g/mol. The van der Waals surface area contributed by atoms with E-state index in [2.05, 4.69) is 29.3 Å². The van der Waals surface area contributed by atoms with Gasteiger partial charge in [0.25, 0.3) is 0 Å². The summed E-state index contributed by atoms with van der Waals surface area (Å²) in [4.78, 5) is 26.7. The van der Waals surface area contributed by atoms with E-state index >= 15 is 0 Å². The molecular formula is C25H34N2O4. The number of piperidine rings is 1. The van der Waals surface area contributed by atoms with E-state index in [-0.39, 0.29) is 12.5 Å². The van der Waals surface area contributed by atoms with Gasteiger partial charge in [-0.3, -0.25) is 9.69 Å². The maximum atomic E-state index is 12.4. The monoisotopic (exact) mass is 426 g/mol. The maximum absolute atomic E-state index is 12.4. The van der Waals surface area contributed by atoms with E-state index in [0.717, 1.165) is 25.9 Å². The summed E-state index contributed by atoms with van der Waals surface area (Å²) in [5.74, 6) is -0.128. The molecule has 1 aliphatic rings. The van der Waals surface area contributed by atoms with Crippen molar-refractivity contribution in [3.8, 4) is 5.75 Å². The van der Waals surface area contributed by atoms with Crippen molar-refractivity contribution in [3.63, 3.8) is 0 Å². The van der Waals surface area contributed by atoms with Crippen LogP contribution in [0.3, 0.4) is 0 Å². The van der Waals surface area contributed by atoms with Crippen molar-refractivity contribution in [1.82, 2.24) is 4.90 Å². The van der Waals surface area contributed by atoms with Crippen molar-refractivity contribution in [3.05, 3.63) is 59.7 Å². The number of hydrogen-bond acceptors (Lipinski definition) is 5. The normalized spacial score (nSPS) is 13.5. The highest BCUT2D eigenvalue weighted by molar-refractivity contribution is 6.03. The summed E-state index contributed by atoms with van der Waals surface area (Å²) < 4.78 is 10.6. The predicted molar refractivity (Wildman–Crippen MR) is 124 cm³/mol. The second-order valence-electron chi connectivity index (χ2n) is 7.37. The van der Waals surface area contributed by atoms with Gasteiger partial charge < -0.3 is 14.8 Å². The van der Waals surface area contributed by atoms with Crippen LogP contribution < -0.4 is 10.1 Å². The molecule has 2 aromatic carbocycles. The van der Waals surface area contributed by atoms with Crippen LogP contribution in [0.5, 0.6) is 5.75 Å². The molecule has 1 saturated heterocycles. The molecule has 6 heteroatoms. The number of benzene rings is 2. The lowest BCUT2D eigenvalue weighted by atomic mass is 10.1. The summed E-state index contributed by atoms with van der Waals surface area (Å²) in [5.41, 5.74) is 2.03. The summed E-state index contributed by atoms with van der Waals surface area (Å²) in [5, 5.41) is 2.84. The Hall–Kier alpha value is -2.86. The minimum atomic E-state index is -0.465. The molecule has 1 fully saturated rings. The van der Waals surface area contributed by atoms with E-state index in [1.54, 1.807) is 25.1 Å². The first-order valence-electron chi connectivity index (χ1n) is 11.0. The molecule has 168 valence electrons. The van der Waals surface area contributed by atoms with Gasteiger partial charge >= 0.3 is 5.97 Å². The predicted octanol–water partition coefficient (Wildman–Crippen LogP) is 4.68. The molecule has 31 heavy (non-hydrogen) atoms. The first kappa shape index (κ1) is 24.4. The molecule has 1 aliphatic heterocycles. The Kier molecular flexibility index (Phi) is 10.6. The van der Waals surface area contributed by atoms with E-state index in [1.807, 2.05) is 25.1 Å². The number of carbonyl (C=O) groups excluding carboxylic acids is 2. The van der Waals surface area contributed by atoms with Crippen LogP contribution in [0, 0.1) is 6.92 Å². The Morgan fingerprint density at radius 1 is 0.935 bits per heavy atom. The van der Waals surface area contributed by atoms with Crippen LogP contribution in [0.25, 0.3) is 0 Å². The lowest BCUT2D eigenvalue weighted by Gasteiger charge is -2.26. The van der Waals surface area contributed by atoms with Crippen molar-refractivity contribution in [2.45, 2.75) is 40.0 Å². The van der Waals surface area contributed by atoms with Crippen LogP contribution in [0.1, 0.15) is 49.0 Å². The van der Waals surface area contributed by atoms with E-state index in [9.17, 15) is 9.59 Å². The molecule has 1 N–H and O–H groups in total. The topological polar surface area (TPSA) is 67.9 Å². The highest BCUT2D eigenvalue weighted by atomic mass is 16.5. The number of nitrogens with zero attached hydrogens (tertiary/aromatic N) is 1. The van der Waals surface area contributed by atoms with Crippen LogP contribution in [-0.4, -0.2) is 49.6 Å². The lowest BCUT2D eigenvalue weighted by Crippen LogP contribution is -2.37. The Morgan fingerprint density at radius 3 is 2.23 bits per heavy atom. The average Bonchev–Trinajstić information content (AvgIpc) is 2.77. The molecule has 0 aliphatic carbocycles. The van der Waals surface area contributed by atoms with Gasteiger partial charge in [0.15, 0.2) is 0 Å². The molecule has 6 nitrogen and oxygen atoms in total. The van der Waals surface area contributed by atoms with Gasteiger partial charge in [0, 0.05) is 0 Å². The van der Waals surface area contributed by atoms with E-state index in [0.29, 0.717) is 30.2 Å². The summed E-state index contributed by atoms with van der Waals surface area (Å²) in [7, 11) is 0. The first-order valence-corrected chi connectivity index (χ1v) is 11.0. The zero-order valence-electron chi connectivity index (χ0n) is 18.9. The van der Waals surface area contributed by atoms with Gasteiger partial charge in [0.05, 0.1) is 31.0 Å². The number of para-hydroxylation sites is 1. The summed E-state index contributed by atoms with van der Waals surface area (Å²) in [6.07, 6.45) is 3.46. The third kappa shape index (κ3) is 8.42. The van der Waals surface area contributed by atoms with Gasteiger partial charge in [-0.25, -0.2) is 4.79 Å². The molecule has 0 radical (unpaired) electrons. The van der Waals surface area contributed by atoms with Crippen LogP contribution in [-0.2, 0) is 9.53 Å². The number of ether oxygens (including phenoxy) is 2. The summed E-state index contributed by atoms with van der Waals surface area (Å²) >= 11 is 0. The molecule has 0 unspecified atom stereocenters. The van der Waals surface area contributed by atoms with Crippen LogP contribution in [0.15, 0.2) is 48.5 Å². The van der Waals surface area contributed by atoms with Gasteiger partial charge in [0.2, 0.25) is 5.91 Å². The van der Waals surface area contributed by atoms with Crippen molar-refractivity contribution in [2.24, 2.45) is 0 Å². The number of likely N-dealkylation sites (tertiary alicyclic amines) is 1. The van der Waals surface area contributed by atoms with E-state index in [4.69, 9.17) is 9.47 Å². The molecule has 3 rings (SSSR count). The minimum absolute atomic E-state index is 0.144. The van der Waals surface area contributed by atoms with Gasteiger partial charge in [0.1, 0.15) is 5.75 Å². The third-order valence-corrected chi connectivity index (χ3v) is 4.84. The Labute approximate surface area is 185 Å². The Bertz CT molecular complexity index is 818. The molecule has 0 aromatic heterocycles. The van der Waals surface area contributed by atoms with Crippen molar-refractivity contribution < 1.29 is 19.1 Å². The van der Waals surface area contributed by atoms with E-state index < -0.39 is 5.97 Å².